The molecule has 0 amide bonds. The van der Waals surface area contributed by atoms with Gasteiger partial charge in [-0.15, -0.1) is 0 Å². The van der Waals surface area contributed by atoms with E-state index >= 15 is 0 Å². The van der Waals surface area contributed by atoms with Gasteiger partial charge in [0.2, 0.25) is 0 Å². The Morgan fingerprint density at radius 2 is 1.38 bits per heavy atom. The van der Waals surface area contributed by atoms with E-state index < -0.39 is 0 Å². The van der Waals surface area contributed by atoms with E-state index in [1.54, 1.807) is 6.20 Å². The number of rotatable bonds is 2. The maximum atomic E-state index is 4.35. The first-order chi connectivity index (χ1) is 9.66. The number of hydrogen-bond acceptors (Lipinski definition) is 2. The smallest absolute Gasteiger partial charge is 0.130 e. The molecule has 1 aromatic heterocycles. The van der Waals surface area contributed by atoms with Crippen LogP contribution >= 0.6 is 0 Å². The fourth-order valence-electron chi connectivity index (χ4n) is 2.15. The van der Waals surface area contributed by atoms with Crippen molar-refractivity contribution >= 4 is 11.5 Å². The molecule has 0 aliphatic rings. The van der Waals surface area contributed by atoms with Crippen molar-refractivity contribution in [1.82, 2.24) is 4.98 Å². The first-order valence-electron chi connectivity index (χ1n) is 7.50. The number of anilines is 2. The van der Waals surface area contributed by atoms with Crippen LogP contribution in [0.5, 0.6) is 0 Å². The molecule has 0 unspecified atom stereocenters. The third-order valence-corrected chi connectivity index (χ3v) is 3.60. The van der Waals surface area contributed by atoms with Crippen LogP contribution < -0.4 is 5.32 Å². The fourth-order valence-corrected chi connectivity index (χ4v) is 2.15. The van der Waals surface area contributed by atoms with Gasteiger partial charge < -0.3 is 5.32 Å². The van der Waals surface area contributed by atoms with Crippen LogP contribution in [-0.4, -0.2) is 4.98 Å². The molecule has 0 fully saturated rings. The lowest BCUT2D eigenvalue weighted by Crippen LogP contribution is -2.16. The second-order valence-corrected chi connectivity index (χ2v) is 7.64. The molecule has 0 atom stereocenters. The molecule has 2 nitrogen and oxygen atoms in total. The molecule has 1 aromatic carbocycles. The van der Waals surface area contributed by atoms with Crippen molar-refractivity contribution in [2.24, 2.45) is 0 Å². The van der Waals surface area contributed by atoms with Gasteiger partial charge in [-0.05, 0) is 46.2 Å². The molecule has 1 heterocycles. The van der Waals surface area contributed by atoms with Gasteiger partial charge in [-0.1, -0.05) is 53.7 Å². The summed E-state index contributed by atoms with van der Waals surface area (Å²) in [5.41, 5.74) is 4.04. The number of nitrogens with one attached hydrogen (secondary N) is 1. The van der Waals surface area contributed by atoms with Crippen LogP contribution in [-0.2, 0) is 10.8 Å². The Morgan fingerprint density at radius 1 is 0.810 bits per heavy atom. The maximum Gasteiger partial charge on any atom is 0.130 e. The number of aromatic nitrogens is 1. The number of pyridine rings is 1. The summed E-state index contributed by atoms with van der Waals surface area (Å²) in [6.45, 7) is 13.5. The van der Waals surface area contributed by atoms with Gasteiger partial charge in [-0.25, -0.2) is 4.98 Å². The summed E-state index contributed by atoms with van der Waals surface area (Å²) >= 11 is 0. The van der Waals surface area contributed by atoms with Crippen molar-refractivity contribution < 1.29 is 0 Å². The molecular weight excluding hydrogens is 256 g/mol. The van der Waals surface area contributed by atoms with Gasteiger partial charge in [0.05, 0.1) is 0 Å². The molecule has 112 valence electrons. The summed E-state index contributed by atoms with van der Waals surface area (Å²) < 4.78 is 0. The Balaban J connectivity index is 2.45. The van der Waals surface area contributed by atoms with Gasteiger partial charge in [0, 0.05) is 11.9 Å². The van der Waals surface area contributed by atoms with E-state index in [1.807, 2.05) is 18.2 Å². The van der Waals surface area contributed by atoms with Crippen molar-refractivity contribution in [2.75, 3.05) is 5.32 Å². The van der Waals surface area contributed by atoms with E-state index in [1.165, 1.54) is 11.1 Å². The third-order valence-electron chi connectivity index (χ3n) is 3.60. The van der Waals surface area contributed by atoms with Gasteiger partial charge in [-0.3, -0.25) is 0 Å². The zero-order valence-electron chi connectivity index (χ0n) is 14.0. The summed E-state index contributed by atoms with van der Waals surface area (Å²) in [4.78, 5) is 4.35. The predicted octanol–water partition coefficient (Wildman–Crippen LogP) is 5.42. The zero-order valence-corrected chi connectivity index (χ0v) is 14.0. The SMILES string of the molecule is CC(C)(C)c1cc(Nc2ccccn2)cc(C(C)(C)C)c1. The zero-order chi connectivity index (χ0) is 15.7. The summed E-state index contributed by atoms with van der Waals surface area (Å²) in [5, 5.41) is 3.42. The minimum atomic E-state index is 0.127. The molecule has 0 saturated carbocycles. The van der Waals surface area contributed by atoms with Crippen LogP contribution in [0.2, 0.25) is 0 Å². The van der Waals surface area contributed by atoms with Crippen LogP contribution in [0.3, 0.4) is 0 Å². The molecule has 2 rings (SSSR count). The molecule has 2 aromatic rings. The van der Waals surface area contributed by atoms with E-state index in [0.717, 1.165) is 11.5 Å². The Hall–Kier alpha value is -1.83. The summed E-state index contributed by atoms with van der Waals surface area (Å²) in [6, 6.07) is 12.7. The lowest BCUT2D eigenvalue weighted by Gasteiger charge is -2.26. The highest BCUT2D eigenvalue weighted by Gasteiger charge is 2.20. The second-order valence-electron chi connectivity index (χ2n) is 7.64. The van der Waals surface area contributed by atoms with E-state index in [0.29, 0.717) is 0 Å². The van der Waals surface area contributed by atoms with Gasteiger partial charge in [0.15, 0.2) is 0 Å². The fraction of sp³-hybridized carbons (Fsp3) is 0.421. The minimum Gasteiger partial charge on any atom is -0.340 e. The number of benzene rings is 1. The van der Waals surface area contributed by atoms with Crippen molar-refractivity contribution in [2.45, 2.75) is 52.4 Å². The van der Waals surface area contributed by atoms with Gasteiger partial charge >= 0.3 is 0 Å². The van der Waals surface area contributed by atoms with E-state index in [9.17, 15) is 0 Å². The van der Waals surface area contributed by atoms with E-state index in [4.69, 9.17) is 0 Å². The lowest BCUT2D eigenvalue weighted by atomic mass is 9.80. The Labute approximate surface area is 128 Å². The first kappa shape index (κ1) is 15.6. The predicted molar refractivity (Wildman–Crippen MR) is 91.4 cm³/mol. The number of nitrogens with zero attached hydrogens (tertiary/aromatic N) is 1. The quantitative estimate of drug-likeness (QED) is 0.795. The van der Waals surface area contributed by atoms with Crippen molar-refractivity contribution in [1.29, 1.82) is 0 Å². The van der Waals surface area contributed by atoms with Gasteiger partial charge in [-0.2, -0.15) is 0 Å². The van der Waals surface area contributed by atoms with Gasteiger partial charge in [0.25, 0.3) is 0 Å². The summed E-state index contributed by atoms with van der Waals surface area (Å²) in [6.07, 6.45) is 1.81. The van der Waals surface area contributed by atoms with Crippen LogP contribution in [0.15, 0.2) is 42.6 Å². The molecule has 0 spiro atoms. The monoisotopic (exact) mass is 282 g/mol. The van der Waals surface area contributed by atoms with Gasteiger partial charge in [0.1, 0.15) is 5.82 Å². The topological polar surface area (TPSA) is 24.9 Å². The molecule has 0 saturated heterocycles. The highest BCUT2D eigenvalue weighted by molar-refractivity contribution is 5.59. The van der Waals surface area contributed by atoms with Crippen molar-refractivity contribution in [3.63, 3.8) is 0 Å². The highest BCUT2D eigenvalue weighted by atomic mass is 15.0. The third kappa shape index (κ3) is 4.07. The molecule has 1 N–H and O–H groups in total. The Bertz CT molecular complexity index is 569. The molecule has 0 aliphatic heterocycles. The molecule has 0 bridgehead atoms. The summed E-state index contributed by atoms with van der Waals surface area (Å²) in [5.74, 6) is 0.878. The molecule has 2 heteroatoms. The number of hydrogen-bond donors (Lipinski definition) is 1. The minimum absolute atomic E-state index is 0.127. The lowest BCUT2D eigenvalue weighted by molar-refractivity contribution is 0.569. The van der Waals surface area contributed by atoms with Crippen molar-refractivity contribution in [3.05, 3.63) is 53.7 Å². The average Bonchev–Trinajstić information content (AvgIpc) is 2.37. The standard InChI is InChI=1S/C19H26N2/c1-18(2,3)14-11-15(19(4,5)6)13-16(12-14)21-17-9-7-8-10-20-17/h7-13H,1-6H3,(H,20,21). The normalized spacial score (nSPS) is 12.3. The molecule has 21 heavy (non-hydrogen) atoms. The van der Waals surface area contributed by atoms with Crippen LogP contribution in [0.4, 0.5) is 11.5 Å². The average molecular weight is 282 g/mol. The van der Waals surface area contributed by atoms with E-state index in [2.05, 4.69) is 70.0 Å². The highest BCUT2D eigenvalue weighted by Crippen LogP contribution is 2.32. The van der Waals surface area contributed by atoms with Crippen LogP contribution in [0, 0.1) is 0 Å². The Kier molecular flexibility index (Phi) is 4.08. The molecular formula is C19H26N2. The van der Waals surface area contributed by atoms with Crippen molar-refractivity contribution in [3.8, 4) is 0 Å². The Morgan fingerprint density at radius 3 is 1.81 bits per heavy atom. The van der Waals surface area contributed by atoms with E-state index in [-0.39, 0.29) is 10.8 Å². The first-order valence-corrected chi connectivity index (χ1v) is 7.50. The maximum absolute atomic E-state index is 4.35. The molecule has 0 aliphatic carbocycles. The summed E-state index contributed by atoms with van der Waals surface area (Å²) in [7, 11) is 0. The second kappa shape index (κ2) is 5.51. The van der Waals surface area contributed by atoms with Crippen LogP contribution in [0.1, 0.15) is 52.7 Å². The van der Waals surface area contributed by atoms with Crippen LogP contribution in [0.25, 0.3) is 0 Å². The molecule has 0 radical (unpaired) electrons. The largest absolute Gasteiger partial charge is 0.340 e.